The van der Waals surface area contributed by atoms with Crippen LogP contribution in [0.1, 0.15) is 56.9 Å². The molecule has 1 saturated carbocycles. The Balaban J connectivity index is 1.66. The van der Waals surface area contributed by atoms with Crippen molar-refractivity contribution in [3.8, 4) is 11.5 Å². The summed E-state index contributed by atoms with van der Waals surface area (Å²) in [7, 11) is 0. The molecule has 27 heavy (non-hydrogen) atoms. The van der Waals surface area contributed by atoms with Crippen LogP contribution in [0.4, 0.5) is 5.82 Å². The Morgan fingerprint density at radius 3 is 2.70 bits per heavy atom. The molecule has 142 valence electrons. The molecular weight excluding hydrogens is 340 g/mol. The minimum atomic E-state index is -0.219. The number of ether oxygens (including phenoxy) is 2. The van der Waals surface area contributed by atoms with Gasteiger partial charge in [-0.05, 0) is 49.1 Å². The van der Waals surface area contributed by atoms with Gasteiger partial charge in [0, 0.05) is 12.2 Å². The van der Waals surface area contributed by atoms with Gasteiger partial charge in [0.2, 0.25) is 12.7 Å². The average Bonchev–Trinajstić information content (AvgIpc) is 3.18. The molecular formula is C22H26N2O3. The van der Waals surface area contributed by atoms with Crippen molar-refractivity contribution in [2.45, 2.75) is 57.4 Å². The van der Waals surface area contributed by atoms with E-state index in [0.717, 1.165) is 42.1 Å². The first-order valence-electron chi connectivity index (χ1n) is 9.91. The molecule has 5 nitrogen and oxygen atoms in total. The van der Waals surface area contributed by atoms with E-state index in [0.29, 0.717) is 0 Å². The number of benzene rings is 1. The number of pyridine rings is 1. The van der Waals surface area contributed by atoms with Gasteiger partial charge in [0.25, 0.3) is 0 Å². The zero-order chi connectivity index (χ0) is 18.6. The predicted octanol–water partition coefficient (Wildman–Crippen LogP) is 4.67. The Morgan fingerprint density at radius 1 is 1.15 bits per heavy atom. The lowest BCUT2D eigenvalue weighted by molar-refractivity contribution is -0.120. The molecule has 0 N–H and O–H groups in total. The number of aromatic nitrogens is 1. The third-order valence-corrected chi connectivity index (χ3v) is 5.58. The summed E-state index contributed by atoms with van der Waals surface area (Å²) in [4.78, 5) is 20.1. The molecule has 1 aliphatic heterocycles. The first kappa shape index (κ1) is 17.8. The summed E-state index contributed by atoms with van der Waals surface area (Å²) in [6.45, 7) is 2.30. The van der Waals surface area contributed by atoms with Crippen LogP contribution in [-0.2, 0) is 4.79 Å². The summed E-state index contributed by atoms with van der Waals surface area (Å²) in [5.74, 6) is 2.13. The molecule has 1 amide bonds. The van der Waals surface area contributed by atoms with Gasteiger partial charge in [-0.2, -0.15) is 0 Å². The van der Waals surface area contributed by atoms with E-state index in [1.807, 2.05) is 41.3 Å². The number of fused-ring (bicyclic) bond motifs is 1. The van der Waals surface area contributed by atoms with Crippen LogP contribution in [-0.4, -0.2) is 23.7 Å². The molecule has 1 atom stereocenters. The zero-order valence-electron chi connectivity index (χ0n) is 15.8. The van der Waals surface area contributed by atoms with Crippen molar-refractivity contribution in [1.29, 1.82) is 0 Å². The van der Waals surface area contributed by atoms with E-state index in [4.69, 9.17) is 9.47 Å². The molecule has 1 aromatic heterocycles. The minimum Gasteiger partial charge on any atom is -0.454 e. The second-order valence-corrected chi connectivity index (χ2v) is 7.26. The van der Waals surface area contributed by atoms with Crippen LogP contribution in [0.5, 0.6) is 11.5 Å². The Morgan fingerprint density at radius 2 is 1.96 bits per heavy atom. The lowest BCUT2D eigenvalue weighted by Gasteiger charge is -2.35. The maximum atomic E-state index is 13.7. The van der Waals surface area contributed by atoms with Crippen molar-refractivity contribution in [1.82, 2.24) is 4.98 Å². The van der Waals surface area contributed by atoms with E-state index in [1.165, 1.54) is 19.3 Å². The minimum absolute atomic E-state index is 0.127. The van der Waals surface area contributed by atoms with Crippen LogP contribution in [0.15, 0.2) is 42.6 Å². The summed E-state index contributed by atoms with van der Waals surface area (Å²) in [6, 6.07) is 11.8. The average molecular weight is 366 g/mol. The molecule has 0 bridgehead atoms. The number of hydrogen-bond donors (Lipinski definition) is 0. The highest BCUT2D eigenvalue weighted by atomic mass is 16.7. The van der Waals surface area contributed by atoms with Crippen LogP contribution in [0.25, 0.3) is 0 Å². The van der Waals surface area contributed by atoms with E-state index in [1.54, 1.807) is 6.20 Å². The fourth-order valence-corrected chi connectivity index (χ4v) is 4.17. The number of hydrogen-bond acceptors (Lipinski definition) is 4. The quantitative estimate of drug-likeness (QED) is 0.772. The third kappa shape index (κ3) is 3.64. The molecule has 4 rings (SSSR count). The highest BCUT2D eigenvalue weighted by molar-refractivity contribution is 5.98. The van der Waals surface area contributed by atoms with Gasteiger partial charge < -0.3 is 9.47 Å². The van der Waals surface area contributed by atoms with Crippen LogP contribution in [0.3, 0.4) is 0 Å². The zero-order valence-corrected chi connectivity index (χ0v) is 15.8. The van der Waals surface area contributed by atoms with Crippen molar-refractivity contribution in [2.24, 2.45) is 0 Å². The van der Waals surface area contributed by atoms with E-state index in [-0.39, 0.29) is 24.7 Å². The number of rotatable bonds is 5. The molecule has 1 fully saturated rings. The Labute approximate surface area is 160 Å². The van der Waals surface area contributed by atoms with Gasteiger partial charge in [-0.1, -0.05) is 38.3 Å². The van der Waals surface area contributed by atoms with Gasteiger partial charge in [0.05, 0.1) is 5.92 Å². The molecule has 0 radical (unpaired) electrons. The molecule has 0 saturated heterocycles. The first-order chi connectivity index (χ1) is 13.3. The Hall–Kier alpha value is -2.56. The van der Waals surface area contributed by atoms with Gasteiger partial charge in [-0.25, -0.2) is 4.98 Å². The molecule has 1 aliphatic carbocycles. The maximum Gasteiger partial charge on any atom is 0.235 e. The SMILES string of the molecule is CCC(C(=O)N(c1ccccn1)C1CCCCC1)c1ccc2c(c1)OCO2. The van der Waals surface area contributed by atoms with Crippen molar-refractivity contribution in [3.05, 3.63) is 48.2 Å². The van der Waals surface area contributed by atoms with Gasteiger partial charge in [0.15, 0.2) is 11.5 Å². The fraction of sp³-hybridized carbons (Fsp3) is 0.455. The van der Waals surface area contributed by atoms with Gasteiger partial charge in [0.1, 0.15) is 5.82 Å². The van der Waals surface area contributed by atoms with Crippen LogP contribution >= 0.6 is 0 Å². The largest absolute Gasteiger partial charge is 0.454 e. The van der Waals surface area contributed by atoms with Gasteiger partial charge in [-0.3, -0.25) is 9.69 Å². The lowest BCUT2D eigenvalue weighted by Crippen LogP contribution is -2.44. The number of nitrogens with zero attached hydrogens (tertiary/aromatic N) is 2. The molecule has 2 aromatic rings. The molecule has 2 heterocycles. The molecule has 0 spiro atoms. The van der Waals surface area contributed by atoms with Crippen molar-refractivity contribution in [2.75, 3.05) is 11.7 Å². The molecule has 1 unspecified atom stereocenters. The van der Waals surface area contributed by atoms with E-state index < -0.39 is 0 Å². The number of anilines is 1. The molecule has 5 heteroatoms. The Kier molecular flexibility index (Phi) is 5.28. The van der Waals surface area contributed by atoms with Crippen molar-refractivity contribution >= 4 is 11.7 Å². The first-order valence-corrected chi connectivity index (χ1v) is 9.91. The normalized spacial score (nSPS) is 17.5. The highest BCUT2D eigenvalue weighted by Gasteiger charge is 2.33. The van der Waals surface area contributed by atoms with Crippen LogP contribution in [0.2, 0.25) is 0 Å². The fourth-order valence-electron chi connectivity index (χ4n) is 4.17. The smallest absolute Gasteiger partial charge is 0.235 e. The number of carbonyl (C=O) groups is 1. The van der Waals surface area contributed by atoms with Crippen molar-refractivity contribution < 1.29 is 14.3 Å². The summed E-state index contributed by atoms with van der Waals surface area (Å²) in [5, 5.41) is 0. The third-order valence-electron chi connectivity index (χ3n) is 5.58. The van der Waals surface area contributed by atoms with Gasteiger partial charge in [-0.15, -0.1) is 0 Å². The van der Waals surface area contributed by atoms with Gasteiger partial charge >= 0.3 is 0 Å². The summed E-state index contributed by atoms with van der Waals surface area (Å²) in [5.41, 5.74) is 0.975. The van der Waals surface area contributed by atoms with Crippen LogP contribution in [0, 0.1) is 0 Å². The Bertz CT molecular complexity index is 787. The van der Waals surface area contributed by atoms with E-state index in [2.05, 4.69) is 11.9 Å². The maximum absolute atomic E-state index is 13.7. The summed E-state index contributed by atoms with van der Waals surface area (Å²) >= 11 is 0. The van der Waals surface area contributed by atoms with Crippen LogP contribution < -0.4 is 14.4 Å². The second kappa shape index (κ2) is 7.99. The second-order valence-electron chi connectivity index (χ2n) is 7.26. The highest BCUT2D eigenvalue weighted by Crippen LogP contribution is 2.37. The summed E-state index contributed by atoms with van der Waals surface area (Å²) < 4.78 is 10.9. The van der Waals surface area contributed by atoms with Crippen molar-refractivity contribution in [3.63, 3.8) is 0 Å². The molecule has 1 aromatic carbocycles. The van der Waals surface area contributed by atoms with E-state index in [9.17, 15) is 4.79 Å². The molecule has 2 aliphatic rings. The topological polar surface area (TPSA) is 51.7 Å². The number of carbonyl (C=O) groups excluding carboxylic acids is 1. The lowest BCUT2D eigenvalue weighted by atomic mass is 9.90. The number of amides is 1. The summed E-state index contributed by atoms with van der Waals surface area (Å²) in [6.07, 6.45) is 8.17. The monoisotopic (exact) mass is 366 g/mol. The van der Waals surface area contributed by atoms with E-state index >= 15 is 0 Å². The standard InChI is InChI=1S/C22H26N2O3/c1-2-18(16-11-12-19-20(14-16)27-15-26-19)22(25)24(17-8-4-3-5-9-17)21-10-6-7-13-23-21/h6-7,10-14,17-18H,2-5,8-9,15H2,1H3. The predicted molar refractivity (Wildman–Crippen MR) is 104 cm³/mol.